The predicted octanol–water partition coefficient (Wildman–Crippen LogP) is 0.587. The van der Waals surface area contributed by atoms with E-state index in [0.717, 1.165) is 12.8 Å². The summed E-state index contributed by atoms with van der Waals surface area (Å²) >= 11 is 0. The molecule has 0 aromatic carbocycles. The Bertz CT molecular complexity index is 358. The van der Waals surface area contributed by atoms with E-state index in [2.05, 4.69) is 10.1 Å². The summed E-state index contributed by atoms with van der Waals surface area (Å²) in [6, 6.07) is -2.08. The number of carboxylic acid groups (broad SMARTS) is 1. The van der Waals surface area contributed by atoms with Crippen LogP contribution in [0.25, 0.3) is 0 Å². The highest BCUT2D eigenvalue weighted by molar-refractivity contribution is 5.86. The third-order valence-electron chi connectivity index (χ3n) is 3.24. The summed E-state index contributed by atoms with van der Waals surface area (Å²) < 4.78 is 4.67. The highest BCUT2D eigenvalue weighted by Crippen LogP contribution is 2.18. The Kier molecular flexibility index (Phi) is 5.59. The van der Waals surface area contributed by atoms with E-state index in [4.69, 9.17) is 5.11 Å². The zero-order valence-electron chi connectivity index (χ0n) is 11.2. The second-order valence-electron chi connectivity index (χ2n) is 4.48. The number of piperidine rings is 1. The second kappa shape index (κ2) is 6.96. The van der Waals surface area contributed by atoms with Gasteiger partial charge in [0.15, 0.2) is 0 Å². The molecule has 7 nitrogen and oxygen atoms in total. The molecule has 1 heterocycles. The number of amides is 2. The number of methoxy groups -OCH3 is 1. The predicted molar refractivity (Wildman–Crippen MR) is 66.6 cm³/mol. The van der Waals surface area contributed by atoms with Crippen LogP contribution in [-0.4, -0.2) is 53.7 Å². The maximum absolute atomic E-state index is 12.0. The van der Waals surface area contributed by atoms with Crippen molar-refractivity contribution in [2.75, 3.05) is 13.7 Å². The molecule has 0 spiro atoms. The molecule has 108 valence electrons. The summed E-state index contributed by atoms with van der Waals surface area (Å²) in [5.74, 6) is -1.54. The Labute approximate surface area is 111 Å². The lowest BCUT2D eigenvalue weighted by Gasteiger charge is -2.34. The first-order valence-corrected chi connectivity index (χ1v) is 6.39. The normalized spacial score (nSPS) is 20.5. The minimum Gasteiger partial charge on any atom is -0.480 e. The Morgan fingerprint density at radius 2 is 2.11 bits per heavy atom. The van der Waals surface area contributed by atoms with E-state index < -0.39 is 30.1 Å². The third-order valence-corrected chi connectivity index (χ3v) is 3.24. The minimum absolute atomic E-state index is 0.289. The van der Waals surface area contributed by atoms with Gasteiger partial charge in [0, 0.05) is 6.54 Å². The largest absolute Gasteiger partial charge is 0.480 e. The van der Waals surface area contributed by atoms with E-state index in [1.807, 2.05) is 0 Å². The van der Waals surface area contributed by atoms with Gasteiger partial charge in [0.25, 0.3) is 0 Å². The van der Waals surface area contributed by atoms with E-state index in [0.29, 0.717) is 13.0 Å². The van der Waals surface area contributed by atoms with Crippen LogP contribution < -0.4 is 5.32 Å². The van der Waals surface area contributed by atoms with Gasteiger partial charge in [0.05, 0.1) is 7.11 Å². The van der Waals surface area contributed by atoms with Crippen LogP contribution in [0.4, 0.5) is 4.79 Å². The van der Waals surface area contributed by atoms with Crippen molar-refractivity contribution in [1.29, 1.82) is 0 Å². The van der Waals surface area contributed by atoms with Gasteiger partial charge in [0.1, 0.15) is 12.1 Å². The van der Waals surface area contributed by atoms with Crippen molar-refractivity contribution in [3.63, 3.8) is 0 Å². The number of nitrogens with one attached hydrogen (secondary N) is 1. The van der Waals surface area contributed by atoms with Gasteiger partial charge in [-0.3, -0.25) is 0 Å². The number of likely N-dealkylation sites (tertiary alicyclic amines) is 1. The molecule has 0 aliphatic carbocycles. The average molecular weight is 272 g/mol. The molecule has 19 heavy (non-hydrogen) atoms. The van der Waals surface area contributed by atoms with Crippen molar-refractivity contribution >= 4 is 18.0 Å². The molecule has 0 saturated carbocycles. The van der Waals surface area contributed by atoms with Gasteiger partial charge in [-0.05, 0) is 25.7 Å². The SMILES string of the molecule is CC[C@H](NC(=O)N1CCCCC1C(=O)OC)C(=O)O. The number of hydrogen-bond acceptors (Lipinski definition) is 4. The van der Waals surface area contributed by atoms with Gasteiger partial charge in [-0.2, -0.15) is 0 Å². The first-order chi connectivity index (χ1) is 9.01. The third kappa shape index (κ3) is 3.84. The molecule has 2 N–H and O–H groups in total. The standard InChI is InChI=1S/C12H20N2O5/c1-3-8(10(15)16)13-12(18)14-7-5-4-6-9(14)11(17)19-2/h8-9H,3-7H2,1-2H3,(H,13,18)(H,15,16)/t8-,9?/m0/s1. The zero-order chi connectivity index (χ0) is 14.4. The molecule has 0 bridgehead atoms. The number of hydrogen-bond donors (Lipinski definition) is 2. The molecule has 2 atom stereocenters. The van der Waals surface area contributed by atoms with Crippen LogP contribution >= 0.6 is 0 Å². The molecule has 7 heteroatoms. The molecule has 0 radical (unpaired) electrons. The molecule has 0 aromatic heterocycles. The summed E-state index contributed by atoms with van der Waals surface area (Å²) in [7, 11) is 1.28. The number of carbonyl (C=O) groups excluding carboxylic acids is 2. The smallest absolute Gasteiger partial charge is 0.328 e. The number of nitrogens with zero attached hydrogens (tertiary/aromatic N) is 1. The lowest BCUT2D eigenvalue weighted by molar-refractivity contribution is -0.146. The Morgan fingerprint density at radius 3 is 2.63 bits per heavy atom. The summed E-state index contributed by atoms with van der Waals surface area (Å²) in [4.78, 5) is 35.9. The number of ether oxygens (including phenoxy) is 1. The summed E-state index contributed by atoms with van der Waals surface area (Å²) in [5, 5.41) is 11.3. The molecule has 1 fully saturated rings. The number of urea groups is 1. The van der Waals surface area contributed by atoms with Gasteiger partial charge in [-0.25, -0.2) is 14.4 Å². The number of carbonyl (C=O) groups is 3. The molecule has 1 rings (SSSR count). The van der Waals surface area contributed by atoms with Crippen molar-refractivity contribution in [3.8, 4) is 0 Å². The Hall–Kier alpha value is -1.79. The summed E-state index contributed by atoms with van der Waals surface area (Å²) in [5.41, 5.74) is 0. The quantitative estimate of drug-likeness (QED) is 0.730. The van der Waals surface area contributed by atoms with Crippen LogP contribution in [0.2, 0.25) is 0 Å². The molecule has 1 saturated heterocycles. The van der Waals surface area contributed by atoms with Crippen LogP contribution in [0.5, 0.6) is 0 Å². The van der Waals surface area contributed by atoms with Crippen LogP contribution in [-0.2, 0) is 14.3 Å². The maximum atomic E-state index is 12.0. The number of rotatable bonds is 4. The Balaban J connectivity index is 2.71. The maximum Gasteiger partial charge on any atom is 0.328 e. The van der Waals surface area contributed by atoms with Gasteiger partial charge in [-0.15, -0.1) is 0 Å². The Morgan fingerprint density at radius 1 is 1.42 bits per heavy atom. The van der Waals surface area contributed by atoms with Gasteiger partial charge in [0.2, 0.25) is 0 Å². The first kappa shape index (κ1) is 15.3. The van der Waals surface area contributed by atoms with Crippen LogP contribution in [0.1, 0.15) is 32.6 Å². The fourth-order valence-electron chi connectivity index (χ4n) is 2.13. The molecule has 1 unspecified atom stereocenters. The second-order valence-corrected chi connectivity index (χ2v) is 4.48. The molecule has 0 aromatic rings. The average Bonchev–Trinajstić information content (AvgIpc) is 2.43. The number of aliphatic carboxylic acids is 1. The molecule has 2 amide bonds. The van der Waals surface area contributed by atoms with Gasteiger partial charge in [-0.1, -0.05) is 6.92 Å². The molecular weight excluding hydrogens is 252 g/mol. The summed E-state index contributed by atoms with van der Waals surface area (Å²) in [6.07, 6.45) is 2.48. The van der Waals surface area contributed by atoms with E-state index in [1.54, 1.807) is 6.92 Å². The lowest BCUT2D eigenvalue weighted by Crippen LogP contribution is -2.55. The minimum atomic E-state index is -1.08. The van der Waals surface area contributed by atoms with Crippen molar-refractivity contribution < 1.29 is 24.2 Å². The fraction of sp³-hybridized carbons (Fsp3) is 0.750. The van der Waals surface area contributed by atoms with Gasteiger partial charge >= 0.3 is 18.0 Å². The van der Waals surface area contributed by atoms with Crippen molar-refractivity contribution in [3.05, 3.63) is 0 Å². The molecular formula is C12H20N2O5. The topological polar surface area (TPSA) is 95.9 Å². The molecule has 1 aliphatic rings. The molecule has 1 aliphatic heterocycles. The van der Waals surface area contributed by atoms with Gasteiger partial charge < -0.3 is 20.1 Å². The van der Waals surface area contributed by atoms with E-state index in [1.165, 1.54) is 12.0 Å². The monoisotopic (exact) mass is 272 g/mol. The van der Waals surface area contributed by atoms with Crippen LogP contribution in [0.15, 0.2) is 0 Å². The van der Waals surface area contributed by atoms with Crippen molar-refractivity contribution in [2.24, 2.45) is 0 Å². The fourth-order valence-corrected chi connectivity index (χ4v) is 2.13. The highest BCUT2D eigenvalue weighted by atomic mass is 16.5. The van der Waals surface area contributed by atoms with Crippen LogP contribution in [0.3, 0.4) is 0 Å². The summed E-state index contributed by atoms with van der Waals surface area (Å²) in [6.45, 7) is 2.11. The highest BCUT2D eigenvalue weighted by Gasteiger charge is 2.34. The lowest BCUT2D eigenvalue weighted by atomic mass is 10.0. The number of carboxylic acids is 1. The van der Waals surface area contributed by atoms with E-state index in [9.17, 15) is 14.4 Å². The van der Waals surface area contributed by atoms with Crippen molar-refractivity contribution in [2.45, 2.75) is 44.7 Å². The van der Waals surface area contributed by atoms with Crippen LogP contribution in [0, 0.1) is 0 Å². The first-order valence-electron chi connectivity index (χ1n) is 6.39. The van der Waals surface area contributed by atoms with E-state index >= 15 is 0 Å². The van der Waals surface area contributed by atoms with E-state index in [-0.39, 0.29) is 6.42 Å². The number of esters is 1. The zero-order valence-corrected chi connectivity index (χ0v) is 11.2. The van der Waals surface area contributed by atoms with Crippen molar-refractivity contribution in [1.82, 2.24) is 10.2 Å².